The van der Waals surface area contributed by atoms with Crippen molar-refractivity contribution in [3.8, 4) is 0 Å². The second kappa shape index (κ2) is 3.33. The lowest BCUT2D eigenvalue weighted by Crippen LogP contribution is -2.29. The van der Waals surface area contributed by atoms with Crippen molar-refractivity contribution in [3.05, 3.63) is 35.4 Å². The molecule has 0 heterocycles. The van der Waals surface area contributed by atoms with E-state index in [1.165, 1.54) is 0 Å². The average Bonchev–Trinajstić information content (AvgIpc) is 2.16. The Labute approximate surface area is 81.2 Å². The maximum absolute atomic E-state index is 12.5. The first kappa shape index (κ1) is 9.62. The van der Waals surface area contributed by atoms with Crippen molar-refractivity contribution in [2.75, 3.05) is 0 Å². The molecule has 76 valence electrons. The molecule has 1 aliphatic rings. The summed E-state index contributed by atoms with van der Waals surface area (Å²) >= 11 is 0. The van der Waals surface area contributed by atoms with Crippen molar-refractivity contribution in [1.82, 2.24) is 0 Å². The maximum atomic E-state index is 12.5. The highest BCUT2D eigenvalue weighted by molar-refractivity contribution is 6.60. The van der Waals surface area contributed by atoms with Gasteiger partial charge in [-0.3, -0.25) is 0 Å². The van der Waals surface area contributed by atoms with Crippen LogP contribution in [0, 0.1) is 0 Å². The quantitative estimate of drug-likeness (QED) is 0.608. The van der Waals surface area contributed by atoms with Gasteiger partial charge in [0, 0.05) is 0 Å². The monoisotopic (exact) mass is 199 g/mol. The van der Waals surface area contributed by atoms with Crippen LogP contribution in [0.5, 0.6) is 0 Å². The van der Waals surface area contributed by atoms with Crippen molar-refractivity contribution in [3.63, 3.8) is 0 Å². The van der Waals surface area contributed by atoms with Crippen LogP contribution in [0.15, 0.2) is 24.3 Å². The molecule has 0 spiro atoms. The molecule has 0 aliphatic heterocycles. The van der Waals surface area contributed by atoms with E-state index >= 15 is 0 Å². The van der Waals surface area contributed by atoms with Crippen molar-refractivity contribution in [1.29, 1.82) is 0 Å². The van der Waals surface area contributed by atoms with Gasteiger partial charge < -0.3 is 12.9 Å². The van der Waals surface area contributed by atoms with Gasteiger partial charge in [-0.05, 0) is 24.0 Å². The number of hydrogen-bond donors (Lipinski definition) is 0. The number of aryl methyl sites for hydroxylation is 1. The summed E-state index contributed by atoms with van der Waals surface area (Å²) in [5.41, 5.74) is 1.96. The van der Waals surface area contributed by atoms with E-state index in [0.717, 1.165) is 11.1 Å². The van der Waals surface area contributed by atoms with Gasteiger partial charge in [-0.1, -0.05) is 36.5 Å². The smallest absolute Gasteiger partial charge is 0.449 e. The van der Waals surface area contributed by atoms with Crippen LogP contribution in [0.1, 0.15) is 17.5 Å². The SMILES string of the molecule is F[B-](F)(F)C1CCc2ccccc2C1. The molecular weight excluding hydrogens is 188 g/mol. The van der Waals surface area contributed by atoms with Gasteiger partial charge in [0.25, 0.3) is 0 Å². The summed E-state index contributed by atoms with van der Waals surface area (Å²) in [5.74, 6) is -1.08. The second-order valence-corrected chi connectivity index (χ2v) is 3.90. The van der Waals surface area contributed by atoms with Crippen LogP contribution < -0.4 is 0 Å². The van der Waals surface area contributed by atoms with Gasteiger partial charge in [0.05, 0.1) is 0 Å². The van der Waals surface area contributed by atoms with Crippen molar-refractivity contribution in [2.45, 2.75) is 25.1 Å². The van der Waals surface area contributed by atoms with Gasteiger partial charge in [-0.25, -0.2) is 0 Å². The van der Waals surface area contributed by atoms with Crippen LogP contribution in [-0.4, -0.2) is 6.98 Å². The Morgan fingerprint density at radius 2 is 1.71 bits per heavy atom. The van der Waals surface area contributed by atoms with Gasteiger partial charge in [0.2, 0.25) is 0 Å². The molecule has 0 aromatic heterocycles. The third-order valence-corrected chi connectivity index (χ3v) is 2.92. The second-order valence-electron chi connectivity index (χ2n) is 3.90. The van der Waals surface area contributed by atoms with Gasteiger partial charge in [0.15, 0.2) is 0 Å². The van der Waals surface area contributed by atoms with Crippen molar-refractivity contribution >= 4 is 6.98 Å². The minimum absolute atomic E-state index is 0.180. The standard InChI is InChI=1S/C10H11BF3/c12-11(13,14)10-6-5-8-3-1-2-4-9(8)7-10/h1-4,10H,5-7H2/q-1. The molecule has 0 nitrogen and oxygen atoms in total. The van der Waals surface area contributed by atoms with Crippen LogP contribution in [0.2, 0.25) is 5.82 Å². The summed E-state index contributed by atoms with van der Waals surface area (Å²) in [6.45, 7) is -4.66. The largest absolute Gasteiger partial charge is 0.481 e. The first-order valence-electron chi connectivity index (χ1n) is 4.84. The lowest BCUT2D eigenvalue weighted by molar-refractivity contribution is 0.414. The zero-order valence-electron chi connectivity index (χ0n) is 7.72. The van der Waals surface area contributed by atoms with E-state index < -0.39 is 12.8 Å². The van der Waals surface area contributed by atoms with Crippen LogP contribution in [0.25, 0.3) is 0 Å². The molecule has 2 rings (SSSR count). The first-order chi connectivity index (χ1) is 6.57. The molecule has 0 N–H and O–H groups in total. The van der Waals surface area contributed by atoms with Gasteiger partial charge >= 0.3 is 6.98 Å². The highest BCUT2D eigenvalue weighted by Crippen LogP contribution is 2.38. The fourth-order valence-electron chi connectivity index (χ4n) is 2.05. The fraction of sp³-hybridized carbons (Fsp3) is 0.400. The number of benzene rings is 1. The molecule has 1 atom stereocenters. The Morgan fingerprint density at radius 1 is 1.07 bits per heavy atom. The third-order valence-electron chi connectivity index (χ3n) is 2.92. The Kier molecular flexibility index (Phi) is 2.29. The van der Waals surface area contributed by atoms with Crippen molar-refractivity contribution in [2.24, 2.45) is 0 Å². The summed E-state index contributed by atoms with van der Waals surface area (Å²) in [4.78, 5) is 0. The zero-order chi connectivity index (χ0) is 10.2. The summed E-state index contributed by atoms with van der Waals surface area (Å²) in [6, 6.07) is 7.43. The molecule has 14 heavy (non-hydrogen) atoms. The summed E-state index contributed by atoms with van der Waals surface area (Å²) in [5, 5.41) is 0. The molecule has 4 heteroatoms. The van der Waals surface area contributed by atoms with Gasteiger partial charge in [0.1, 0.15) is 0 Å². The topological polar surface area (TPSA) is 0 Å². The maximum Gasteiger partial charge on any atom is 0.481 e. The summed E-state index contributed by atoms with van der Waals surface area (Å²) in [7, 11) is 0. The highest BCUT2D eigenvalue weighted by Gasteiger charge is 2.36. The molecule has 0 saturated heterocycles. The van der Waals surface area contributed by atoms with E-state index in [4.69, 9.17) is 0 Å². The molecule has 1 aromatic carbocycles. The van der Waals surface area contributed by atoms with Crippen molar-refractivity contribution < 1.29 is 12.9 Å². The first-order valence-corrected chi connectivity index (χ1v) is 4.84. The third kappa shape index (κ3) is 1.79. The molecule has 0 amide bonds. The number of halogens is 3. The molecule has 0 radical (unpaired) electrons. The number of hydrogen-bond acceptors (Lipinski definition) is 0. The van der Waals surface area contributed by atoms with Crippen LogP contribution in [0.3, 0.4) is 0 Å². The van der Waals surface area contributed by atoms with Gasteiger partial charge in [-0.2, -0.15) is 0 Å². The molecule has 0 saturated carbocycles. The molecule has 0 bridgehead atoms. The minimum Gasteiger partial charge on any atom is -0.449 e. The van der Waals surface area contributed by atoms with E-state index in [-0.39, 0.29) is 12.8 Å². The summed E-state index contributed by atoms with van der Waals surface area (Å²) < 4.78 is 37.5. The lowest BCUT2D eigenvalue weighted by atomic mass is 9.64. The minimum atomic E-state index is -4.66. The predicted molar refractivity (Wildman–Crippen MR) is 51.3 cm³/mol. The number of rotatable bonds is 1. The predicted octanol–water partition coefficient (Wildman–Crippen LogP) is 3.39. The highest BCUT2D eigenvalue weighted by atomic mass is 19.4. The molecule has 0 fully saturated rings. The van der Waals surface area contributed by atoms with Crippen LogP contribution in [0.4, 0.5) is 12.9 Å². The van der Waals surface area contributed by atoms with Crippen LogP contribution in [-0.2, 0) is 12.8 Å². The van der Waals surface area contributed by atoms with Gasteiger partial charge in [-0.15, -0.1) is 0 Å². The molecule has 1 unspecified atom stereocenters. The van der Waals surface area contributed by atoms with Crippen LogP contribution >= 0.6 is 0 Å². The van der Waals surface area contributed by atoms with E-state index in [1.807, 2.05) is 24.3 Å². The average molecular weight is 199 g/mol. The van der Waals surface area contributed by atoms with E-state index in [1.54, 1.807) is 0 Å². The van der Waals surface area contributed by atoms with E-state index in [0.29, 0.717) is 6.42 Å². The summed E-state index contributed by atoms with van der Waals surface area (Å²) in [6.07, 6.45) is 1.02. The Bertz CT molecular complexity index is 332. The zero-order valence-corrected chi connectivity index (χ0v) is 7.72. The number of fused-ring (bicyclic) bond motifs is 1. The molecule has 1 aromatic rings. The Hall–Kier alpha value is -0.925. The van der Waals surface area contributed by atoms with E-state index in [9.17, 15) is 12.9 Å². The normalized spacial score (nSPS) is 21.8. The Morgan fingerprint density at radius 3 is 2.36 bits per heavy atom. The molecular formula is C10H11BF3-. The molecule has 1 aliphatic carbocycles. The Balaban J connectivity index is 2.22. The fourth-order valence-corrected chi connectivity index (χ4v) is 2.05. The van der Waals surface area contributed by atoms with E-state index in [2.05, 4.69) is 0 Å². The lowest BCUT2D eigenvalue weighted by Gasteiger charge is -2.31.